The second-order valence-corrected chi connectivity index (χ2v) is 9.73. The summed E-state index contributed by atoms with van der Waals surface area (Å²) >= 11 is 1.09. The summed E-state index contributed by atoms with van der Waals surface area (Å²) in [5, 5.41) is 2.53. The number of amides is 1. The Labute approximate surface area is 156 Å². The molecular weight excluding hydrogens is 375 g/mol. The van der Waals surface area contributed by atoms with Gasteiger partial charge >= 0.3 is 0 Å². The zero-order valence-electron chi connectivity index (χ0n) is 14.5. The van der Waals surface area contributed by atoms with Crippen molar-refractivity contribution in [3.8, 4) is 0 Å². The van der Waals surface area contributed by atoms with E-state index in [1.165, 1.54) is 16.4 Å². The zero-order chi connectivity index (χ0) is 18.7. The molecule has 1 N–H and O–H groups in total. The lowest BCUT2D eigenvalue weighted by Crippen LogP contribution is -2.35. The van der Waals surface area contributed by atoms with Crippen molar-refractivity contribution in [1.29, 1.82) is 0 Å². The van der Waals surface area contributed by atoms with Gasteiger partial charge in [-0.15, -0.1) is 11.3 Å². The van der Waals surface area contributed by atoms with Crippen LogP contribution >= 0.6 is 11.3 Å². The van der Waals surface area contributed by atoms with Gasteiger partial charge in [-0.2, -0.15) is 4.31 Å². The monoisotopic (exact) mass is 396 g/mol. The predicted molar refractivity (Wildman–Crippen MR) is 100 cm³/mol. The normalized spacial score (nSPS) is 15.8. The molecule has 1 aliphatic heterocycles. The molecule has 0 atom stereocenters. The van der Waals surface area contributed by atoms with E-state index >= 15 is 0 Å². The Morgan fingerprint density at radius 3 is 2.62 bits per heavy atom. The van der Waals surface area contributed by atoms with E-state index in [1.54, 1.807) is 25.1 Å². The Morgan fingerprint density at radius 1 is 1.19 bits per heavy atom. The lowest BCUT2D eigenvalue weighted by molar-refractivity contribution is -0.115. The Morgan fingerprint density at radius 2 is 1.92 bits per heavy atom. The first-order valence-electron chi connectivity index (χ1n) is 8.51. The molecule has 0 bridgehead atoms. The molecule has 1 fully saturated rings. The molecule has 0 saturated carbocycles. The molecule has 1 aromatic carbocycles. The predicted octanol–water partition coefficient (Wildman–Crippen LogP) is 3.55. The highest BCUT2D eigenvalue weighted by Crippen LogP contribution is 2.27. The van der Waals surface area contributed by atoms with Crippen molar-refractivity contribution >= 4 is 33.0 Å². The summed E-state index contributed by atoms with van der Waals surface area (Å²) in [6, 6.07) is 7.77. The van der Waals surface area contributed by atoms with Gasteiger partial charge in [0.25, 0.3) is 10.0 Å². The molecule has 3 rings (SSSR count). The van der Waals surface area contributed by atoms with Crippen LogP contribution in [0.3, 0.4) is 0 Å². The quantitative estimate of drug-likeness (QED) is 0.840. The summed E-state index contributed by atoms with van der Waals surface area (Å²) in [5.74, 6) is -0.866. The molecule has 1 saturated heterocycles. The van der Waals surface area contributed by atoms with Crippen LogP contribution in [-0.2, 0) is 21.2 Å². The average molecular weight is 397 g/mol. The van der Waals surface area contributed by atoms with E-state index in [0.29, 0.717) is 18.0 Å². The first-order chi connectivity index (χ1) is 12.4. The Bertz CT molecular complexity index is 903. The summed E-state index contributed by atoms with van der Waals surface area (Å²) in [4.78, 5) is 12.8. The van der Waals surface area contributed by atoms with Gasteiger partial charge < -0.3 is 5.32 Å². The van der Waals surface area contributed by atoms with Crippen molar-refractivity contribution in [2.45, 2.75) is 36.8 Å². The van der Waals surface area contributed by atoms with Crippen molar-refractivity contribution in [2.75, 3.05) is 18.4 Å². The SMILES string of the molecule is Cc1ccc(NC(=O)Cc2ccc(S(=O)(=O)N3CCCCC3)s2)c(F)c1. The van der Waals surface area contributed by atoms with Crippen LogP contribution in [0.15, 0.2) is 34.5 Å². The van der Waals surface area contributed by atoms with Crippen LogP contribution < -0.4 is 5.32 Å². The number of carbonyl (C=O) groups is 1. The van der Waals surface area contributed by atoms with Gasteiger partial charge in [0.15, 0.2) is 0 Å². The number of halogens is 1. The number of aryl methyl sites for hydroxylation is 1. The lowest BCUT2D eigenvalue weighted by Gasteiger charge is -2.25. The molecule has 0 radical (unpaired) electrons. The topological polar surface area (TPSA) is 66.5 Å². The molecule has 2 aromatic rings. The maximum absolute atomic E-state index is 13.8. The van der Waals surface area contributed by atoms with E-state index < -0.39 is 15.8 Å². The summed E-state index contributed by atoms with van der Waals surface area (Å²) in [7, 11) is -3.49. The van der Waals surface area contributed by atoms with E-state index in [9.17, 15) is 17.6 Å². The largest absolute Gasteiger partial charge is 0.323 e. The highest BCUT2D eigenvalue weighted by Gasteiger charge is 2.27. The van der Waals surface area contributed by atoms with Crippen LogP contribution in [-0.4, -0.2) is 31.7 Å². The molecule has 0 unspecified atom stereocenters. The first-order valence-corrected chi connectivity index (χ1v) is 10.8. The fourth-order valence-electron chi connectivity index (χ4n) is 2.90. The smallest absolute Gasteiger partial charge is 0.252 e. The molecule has 5 nitrogen and oxygen atoms in total. The van der Waals surface area contributed by atoms with E-state index in [0.717, 1.165) is 36.2 Å². The van der Waals surface area contributed by atoms with Gasteiger partial charge in [-0.25, -0.2) is 12.8 Å². The van der Waals surface area contributed by atoms with E-state index in [4.69, 9.17) is 0 Å². The average Bonchev–Trinajstić information content (AvgIpc) is 3.07. The molecule has 1 amide bonds. The molecule has 1 aromatic heterocycles. The fourth-order valence-corrected chi connectivity index (χ4v) is 5.92. The molecule has 8 heteroatoms. The number of carbonyl (C=O) groups excluding carboxylic acids is 1. The third-order valence-corrected chi connectivity index (χ3v) is 7.73. The lowest BCUT2D eigenvalue weighted by atomic mass is 10.2. The second-order valence-electron chi connectivity index (χ2n) is 6.39. The molecule has 140 valence electrons. The summed E-state index contributed by atoms with van der Waals surface area (Å²) in [5.41, 5.74) is 0.893. The molecular formula is C18H21FN2O3S2. The highest BCUT2D eigenvalue weighted by molar-refractivity contribution is 7.91. The Kier molecular flexibility index (Phi) is 5.74. The number of rotatable bonds is 5. The van der Waals surface area contributed by atoms with Crippen LogP contribution in [0.4, 0.5) is 10.1 Å². The second kappa shape index (κ2) is 7.85. The molecule has 26 heavy (non-hydrogen) atoms. The number of benzene rings is 1. The zero-order valence-corrected chi connectivity index (χ0v) is 16.1. The maximum Gasteiger partial charge on any atom is 0.252 e. The molecule has 2 heterocycles. The number of sulfonamides is 1. The van der Waals surface area contributed by atoms with Crippen LogP contribution in [0.25, 0.3) is 0 Å². The highest BCUT2D eigenvalue weighted by atomic mass is 32.2. The van der Waals surface area contributed by atoms with Crippen molar-refractivity contribution in [3.05, 3.63) is 46.6 Å². The van der Waals surface area contributed by atoms with E-state index in [1.807, 2.05) is 0 Å². The Hall–Kier alpha value is -1.77. The first kappa shape index (κ1) is 19.0. The van der Waals surface area contributed by atoms with Crippen LogP contribution in [0.5, 0.6) is 0 Å². The third kappa shape index (κ3) is 4.31. The minimum absolute atomic E-state index is 0.00744. The van der Waals surface area contributed by atoms with Gasteiger partial charge in [0, 0.05) is 18.0 Å². The molecule has 0 spiro atoms. The minimum Gasteiger partial charge on any atom is -0.323 e. The summed E-state index contributed by atoms with van der Waals surface area (Å²) in [6.45, 7) is 2.86. The number of hydrogen-bond acceptors (Lipinski definition) is 4. The van der Waals surface area contributed by atoms with E-state index in [-0.39, 0.29) is 22.2 Å². The number of anilines is 1. The van der Waals surface area contributed by atoms with Crippen molar-refractivity contribution in [3.63, 3.8) is 0 Å². The van der Waals surface area contributed by atoms with Crippen LogP contribution in [0.1, 0.15) is 29.7 Å². The Balaban J connectivity index is 1.67. The van der Waals surface area contributed by atoms with Gasteiger partial charge in [0.2, 0.25) is 5.91 Å². The maximum atomic E-state index is 13.8. The molecule has 0 aliphatic carbocycles. The van der Waals surface area contributed by atoms with Crippen molar-refractivity contribution < 1.29 is 17.6 Å². The molecule has 1 aliphatic rings. The van der Waals surface area contributed by atoms with Gasteiger partial charge in [0.05, 0.1) is 12.1 Å². The standard InChI is InChI=1S/C18H21FN2O3S2/c1-13-5-7-16(15(19)11-13)20-17(22)12-14-6-8-18(25-14)26(23,24)21-9-3-2-4-10-21/h5-8,11H,2-4,9-10,12H2,1H3,(H,20,22). The van der Waals surface area contributed by atoms with Gasteiger partial charge in [-0.05, 0) is 49.6 Å². The van der Waals surface area contributed by atoms with Crippen LogP contribution in [0, 0.1) is 12.7 Å². The van der Waals surface area contributed by atoms with E-state index in [2.05, 4.69) is 5.32 Å². The number of piperidine rings is 1. The number of hydrogen-bond donors (Lipinski definition) is 1. The number of nitrogens with one attached hydrogen (secondary N) is 1. The minimum atomic E-state index is -3.49. The van der Waals surface area contributed by atoms with Crippen molar-refractivity contribution in [1.82, 2.24) is 4.31 Å². The fraction of sp³-hybridized carbons (Fsp3) is 0.389. The third-order valence-electron chi connectivity index (χ3n) is 4.28. The van der Waals surface area contributed by atoms with Gasteiger partial charge in [-0.3, -0.25) is 4.79 Å². The van der Waals surface area contributed by atoms with Crippen LogP contribution in [0.2, 0.25) is 0 Å². The summed E-state index contributed by atoms with van der Waals surface area (Å²) < 4.78 is 40.9. The number of nitrogens with zero attached hydrogens (tertiary/aromatic N) is 1. The van der Waals surface area contributed by atoms with Gasteiger partial charge in [-0.1, -0.05) is 12.5 Å². The van der Waals surface area contributed by atoms with Gasteiger partial charge in [0.1, 0.15) is 10.0 Å². The summed E-state index contributed by atoms with van der Waals surface area (Å²) in [6.07, 6.45) is 2.81. The van der Waals surface area contributed by atoms with Crippen molar-refractivity contribution in [2.24, 2.45) is 0 Å². The number of thiophene rings is 1.